The normalized spacial score (nSPS) is 19.3. The Bertz CT molecular complexity index is 283. The Hall–Kier alpha value is -0.480. The number of likely N-dealkylation sites (tertiary alicyclic amines) is 1. The summed E-state index contributed by atoms with van der Waals surface area (Å²) in [5.74, 6) is 0.882. The number of ether oxygens (including phenoxy) is 1. The van der Waals surface area contributed by atoms with Crippen molar-refractivity contribution in [2.24, 2.45) is 5.92 Å². The van der Waals surface area contributed by atoms with Crippen LogP contribution in [0.5, 0.6) is 0 Å². The van der Waals surface area contributed by atoms with Crippen molar-refractivity contribution in [1.82, 2.24) is 4.90 Å². The van der Waals surface area contributed by atoms with Crippen molar-refractivity contribution in [1.29, 1.82) is 0 Å². The van der Waals surface area contributed by atoms with E-state index in [-0.39, 0.29) is 6.09 Å². The molecule has 1 saturated heterocycles. The predicted molar refractivity (Wildman–Crippen MR) is 76.5 cm³/mol. The Balaban J connectivity index is 2.27. The topological polar surface area (TPSA) is 49.8 Å². The summed E-state index contributed by atoms with van der Waals surface area (Å²) in [5.41, 5.74) is -0.432. The Morgan fingerprint density at radius 2 is 2.00 bits per heavy atom. The zero-order valence-corrected chi connectivity index (χ0v) is 12.9. The van der Waals surface area contributed by atoms with Crippen molar-refractivity contribution in [2.75, 3.05) is 19.0 Å². The third kappa shape index (κ3) is 6.48. The number of nitrogens with zero attached hydrogens (tertiary/aromatic N) is 1. The van der Waals surface area contributed by atoms with Crippen molar-refractivity contribution < 1.29 is 14.6 Å². The second kappa shape index (κ2) is 7.34. The zero-order chi connectivity index (χ0) is 14.5. The average Bonchev–Trinajstić information content (AvgIpc) is 2.34. The minimum atomic E-state index is -0.432. The third-order valence-electron chi connectivity index (χ3n) is 3.35. The highest BCUT2D eigenvalue weighted by Crippen LogP contribution is 2.24. The van der Waals surface area contributed by atoms with Gasteiger partial charge in [-0.15, -0.1) is 11.6 Å². The fourth-order valence-corrected chi connectivity index (χ4v) is 2.39. The predicted octanol–water partition coefficient (Wildman–Crippen LogP) is 3.01. The lowest BCUT2D eigenvalue weighted by Gasteiger charge is -2.33. The van der Waals surface area contributed by atoms with E-state index in [2.05, 4.69) is 0 Å². The third-order valence-corrected chi connectivity index (χ3v) is 3.71. The summed E-state index contributed by atoms with van der Waals surface area (Å²) >= 11 is 5.58. The summed E-state index contributed by atoms with van der Waals surface area (Å²) < 4.78 is 5.36. The number of carbonyl (C=O) groups excluding carboxylic acids is 1. The highest BCUT2D eigenvalue weighted by molar-refractivity contribution is 6.18. The Labute approximate surface area is 121 Å². The second-order valence-corrected chi connectivity index (χ2v) is 6.60. The summed E-state index contributed by atoms with van der Waals surface area (Å²) in [4.78, 5) is 13.7. The van der Waals surface area contributed by atoms with E-state index in [0.717, 1.165) is 38.8 Å². The molecule has 1 atom stereocenters. The van der Waals surface area contributed by atoms with Crippen molar-refractivity contribution >= 4 is 17.7 Å². The maximum Gasteiger partial charge on any atom is 0.410 e. The molecule has 0 bridgehead atoms. The molecule has 1 N–H and O–H groups in total. The Kier molecular flexibility index (Phi) is 6.40. The number of halogens is 1. The van der Waals surface area contributed by atoms with Gasteiger partial charge in [0.15, 0.2) is 0 Å². The van der Waals surface area contributed by atoms with Gasteiger partial charge in [-0.25, -0.2) is 4.79 Å². The van der Waals surface area contributed by atoms with Crippen LogP contribution in [-0.2, 0) is 4.74 Å². The standard InChI is InChI=1S/C14H26ClNO3/c1-14(2,3)19-13(18)16-8-6-11(7-9-16)4-5-12(17)10-15/h11-12,17H,4-10H2,1-3H3. The van der Waals surface area contributed by atoms with Gasteiger partial charge in [-0.05, 0) is 52.4 Å². The molecule has 1 heterocycles. The molecule has 0 aromatic rings. The highest BCUT2D eigenvalue weighted by atomic mass is 35.5. The first-order chi connectivity index (χ1) is 8.81. The van der Waals surface area contributed by atoms with Crippen molar-refractivity contribution in [2.45, 2.75) is 58.2 Å². The number of piperidine rings is 1. The van der Waals surface area contributed by atoms with Gasteiger partial charge < -0.3 is 14.7 Å². The molecule has 112 valence electrons. The first kappa shape index (κ1) is 16.6. The molecule has 4 nitrogen and oxygen atoms in total. The molecule has 1 aliphatic rings. The molecule has 0 saturated carbocycles. The maximum absolute atomic E-state index is 11.9. The van der Waals surface area contributed by atoms with Gasteiger partial charge in [0.05, 0.1) is 6.10 Å². The van der Waals surface area contributed by atoms with Crippen LogP contribution in [0.15, 0.2) is 0 Å². The fourth-order valence-electron chi connectivity index (χ4n) is 2.24. The average molecular weight is 292 g/mol. The smallest absolute Gasteiger partial charge is 0.410 e. The molecule has 1 rings (SSSR count). The van der Waals surface area contributed by atoms with E-state index in [1.54, 1.807) is 4.90 Å². The monoisotopic (exact) mass is 291 g/mol. The Morgan fingerprint density at radius 1 is 1.42 bits per heavy atom. The van der Waals surface area contributed by atoms with Gasteiger partial charge in [-0.2, -0.15) is 0 Å². The zero-order valence-electron chi connectivity index (χ0n) is 12.2. The van der Waals surface area contributed by atoms with E-state index < -0.39 is 11.7 Å². The van der Waals surface area contributed by atoms with Gasteiger partial charge in [0, 0.05) is 19.0 Å². The van der Waals surface area contributed by atoms with Gasteiger partial charge in [-0.1, -0.05) is 0 Å². The fraction of sp³-hybridized carbons (Fsp3) is 0.929. The van der Waals surface area contributed by atoms with Gasteiger partial charge in [0.2, 0.25) is 0 Å². The number of aliphatic hydroxyl groups is 1. The number of amides is 1. The van der Waals surface area contributed by atoms with E-state index in [0.29, 0.717) is 11.8 Å². The van der Waals surface area contributed by atoms with Crippen LogP contribution in [0.3, 0.4) is 0 Å². The lowest BCUT2D eigenvalue weighted by atomic mass is 9.91. The first-order valence-electron chi connectivity index (χ1n) is 7.04. The summed E-state index contributed by atoms with van der Waals surface area (Å²) in [6.07, 6.45) is 3.08. The molecule has 0 aliphatic carbocycles. The van der Waals surface area contributed by atoms with Gasteiger partial charge in [0.1, 0.15) is 5.60 Å². The number of carbonyl (C=O) groups is 1. The quantitative estimate of drug-likeness (QED) is 0.810. The summed E-state index contributed by atoms with van der Waals surface area (Å²) in [5, 5.41) is 9.44. The molecule has 5 heteroatoms. The molecule has 1 unspecified atom stereocenters. The van der Waals surface area contributed by atoms with E-state index in [1.165, 1.54) is 0 Å². The highest BCUT2D eigenvalue weighted by Gasteiger charge is 2.26. The van der Waals surface area contributed by atoms with Crippen LogP contribution < -0.4 is 0 Å². The molecule has 0 radical (unpaired) electrons. The van der Waals surface area contributed by atoms with Gasteiger partial charge in [-0.3, -0.25) is 0 Å². The number of alkyl halides is 1. The van der Waals surface area contributed by atoms with Crippen LogP contribution in [0.25, 0.3) is 0 Å². The van der Waals surface area contributed by atoms with Gasteiger partial charge >= 0.3 is 6.09 Å². The van der Waals surface area contributed by atoms with Crippen LogP contribution in [0.4, 0.5) is 4.79 Å². The molecule has 0 aromatic carbocycles. The van der Waals surface area contributed by atoms with E-state index in [1.807, 2.05) is 20.8 Å². The SMILES string of the molecule is CC(C)(C)OC(=O)N1CCC(CCC(O)CCl)CC1. The first-order valence-corrected chi connectivity index (χ1v) is 7.57. The lowest BCUT2D eigenvalue weighted by Crippen LogP contribution is -2.41. The lowest BCUT2D eigenvalue weighted by molar-refractivity contribution is 0.0176. The minimum Gasteiger partial charge on any atom is -0.444 e. The van der Waals surface area contributed by atoms with E-state index >= 15 is 0 Å². The van der Waals surface area contributed by atoms with E-state index in [9.17, 15) is 9.90 Å². The molecule has 1 fully saturated rings. The number of aliphatic hydroxyl groups excluding tert-OH is 1. The second-order valence-electron chi connectivity index (χ2n) is 6.30. The molecule has 0 aromatic heterocycles. The number of hydrogen-bond donors (Lipinski definition) is 1. The van der Waals surface area contributed by atoms with Crippen LogP contribution in [0, 0.1) is 5.92 Å². The summed E-state index contributed by atoms with van der Waals surface area (Å²) in [6.45, 7) is 7.13. The van der Waals surface area contributed by atoms with Gasteiger partial charge in [0.25, 0.3) is 0 Å². The van der Waals surface area contributed by atoms with Crippen molar-refractivity contribution in [3.05, 3.63) is 0 Å². The summed E-state index contributed by atoms with van der Waals surface area (Å²) in [6, 6.07) is 0. The van der Waals surface area contributed by atoms with Crippen LogP contribution in [0.2, 0.25) is 0 Å². The molecular formula is C14H26ClNO3. The summed E-state index contributed by atoms with van der Waals surface area (Å²) in [7, 11) is 0. The Morgan fingerprint density at radius 3 is 2.47 bits per heavy atom. The largest absolute Gasteiger partial charge is 0.444 e. The van der Waals surface area contributed by atoms with Crippen LogP contribution >= 0.6 is 11.6 Å². The molecule has 1 amide bonds. The van der Waals surface area contributed by atoms with Crippen molar-refractivity contribution in [3.63, 3.8) is 0 Å². The molecule has 1 aliphatic heterocycles. The maximum atomic E-state index is 11.9. The van der Waals surface area contributed by atoms with Crippen LogP contribution in [0.1, 0.15) is 46.5 Å². The molecule has 19 heavy (non-hydrogen) atoms. The molecular weight excluding hydrogens is 266 g/mol. The number of hydrogen-bond acceptors (Lipinski definition) is 3. The number of rotatable bonds is 4. The van der Waals surface area contributed by atoms with Crippen LogP contribution in [-0.4, -0.2) is 46.8 Å². The minimum absolute atomic E-state index is 0.216. The van der Waals surface area contributed by atoms with Crippen molar-refractivity contribution in [3.8, 4) is 0 Å². The van der Waals surface area contributed by atoms with E-state index in [4.69, 9.17) is 16.3 Å². The molecule has 0 spiro atoms.